The highest BCUT2D eigenvalue weighted by molar-refractivity contribution is 6.40. The van der Waals surface area contributed by atoms with Gasteiger partial charge < -0.3 is 0 Å². The molecule has 5 aliphatic heterocycles. The molecule has 4 aromatic rings. The molecular weight excluding hydrogens is 689 g/mol. The lowest BCUT2D eigenvalue weighted by Crippen LogP contribution is -2.05. The Morgan fingerprint density at radius 2 is 0.500 bits per heavy atom. The standard InChI is InChI=1S/C48H24N8/c49-25-29-9-1-5-13-33(29)45-37-17-19-39(53-37)46(34-14-6-2-10-30(34)26-50)41-21-23-43(55-41)48(36-16-8-4-12-32(36)28-52)44-24-22-42(56-44)47(40-20-18-38(45)54-40)35-15-7-3-11-31(35)27-51/h1-24H. The Bertz CT molecular complexity index is 2630. The quantitative estimate of drug-likeness (QED) is 0.208. The molecule has 0 saturated heterocycles. The molecule has 5 aliphatic rings. The van der Waals surface area contributed by atoms with Gasteiger partial charge >= 0.3 is 0 Å². The number of fused-ring (bicyclic) bond motifs is 4. The lowest BCUT2D eigenvalue weighted by Gasteiger charge is -2.14. The van der Waals surface area contributed by atoms with E-state index in [1.54, 1.807) is 24.3 Å². The van der Waals surface area contributed by atoms with E-state index in [4.69, 9.17) is 20.0 Å². The molecule has 0 spiro atoms. The largest absolute Gasteiger partial charge is 0.248 e. The summed E-state index contributed by atoms with van der Waals surface area (Å²) in [5, 5.41) is 41.1. The summed E-state index contributed by atoms with van der Waals surface area (Å²) < 4.78 is 0. The molecule has 8 bridgehead atoms. The van der Waals surface area contributed by atoms with Gasteiger partial charge in [-0.05, 0) is 72.9 Å². The van der Waals surface area contributed by atoms with Crippen molar-refractivity contribution in [2.45, 2.75) is 0 Å². The van der Waals surface area contributed by atoms with E-state index in [0.717, 1.165) is 0 Å². The SMILES string of the molecule is N#Cc1ccccc1C1=C2C=CC(=N2)C(c2ccccc2C#N)=C2C=CC(=N2)C(c2ccccc2C#N)=C2C=CC(=N2)C(c2ccccc2C#N)=C2C=CC1=N2. The Labute approximate surface area is 322 Å². The van der Waals surface area contributed by atoms with Crippen LogP contribution in [0.2, 0.25) is 0 Å². The van der Waals surface area contributed by atoms with Crippen LogP contribution in [0.4, 0.5) is 0 Å². The molecule has 0 atom stereocenters. The van der Waals surface area contributed by atoms with Gasteiger partial charge in [-0.15, -0.1) is 0 Å². The van der Waals surface area contributed by atoms with Crippen LogP contribution in [0, 0.1) is 45.3 Å². The normalized spacial score (nSPS) is 16.4. The highest BCUT2D eigenvalue weighted by Gasteiger charge is 2.29. The van der Waals surface area contributed by atoms with Crippen LogP contribution >= 0.6 is 0 Å². The van der Waals surface area contributed by atoms with Crippen molar-refractivity contribution in [2.24, 2.45) is 20.0 Å². The number of benzene rings is 4. The monoisotopic (exact) mass is 712 g/mol. The fourth-order valence-corrected chi connectivity index (χ4v) is 7.39. The van der Waals surface area contributed by atoms with Crippen molar-refractivity contribution in [3.8, 4) is 24.3 Å². The fourth-order valence-electron chi connectivity index (χ4n) is 7.39. The molecule has 0 amide bonds. The second-order valence-corrected chi connectivity index (χ2v) is 13.0. The van der Waals surface area contributed by atoms with Gasteiger partial charge in [-0.2, -0.15) is 21.0 Å². The molecule has 0 aromatic heterocycles. The Kier molecular flexibility index (Phi) is 8.19. The van der Waals surface area contributed by atoms with Crippen LogP contribution in [0.25, 0.3) is 22.3 Å². The van der Waals surface area contributed by atoms with Gasteiger partial charge in [-0.3, -0.25) is 0 Å². The summed E-state index contributed by atoms with van der Waals surface area (Å²) >= 11 is 0. The van der Waals surface area contributed by atoms with Gasteiger partial charge in [0.15, 0.2) is 0 Å². The maximum Gasteiger partial charge on any atom is 0.0998 e. The molecule has 256 valence electrons. The maximum atomic E-state index is 10.3. The minimum absolute atomic E-state index is 0.453. The lowest BCUT2D eigenvalue weighted by atomic mass is 9.94. The fraction of sp³-hybridized carbons (Fsp3) is 0. The van der Waals surface area contributed by atoms with Gasteiger partial charge in [-0.1, -0.05) is 72.8 Å². The number of rotatable bonds is 4. The maximum absolute atomic E-state index is 10.3. The van der Waals surface area contributed by atoms with E-state index < -0.39 is 0 Å². The molecule has 0 fully saturated rings. The number of hydrogen-bond donors (Lipinski definition) is 0. The number of aliphatic imine (C=N–C) groups is 4. The van der Waals surface area contributed by atoms with Crippen LogP contribution in [-0.2, 0) is 0 Å². The molecule has 0 saturated carbocycles. The van der Waals surface area contributed by atoms with Gasteiger partial charge in [0.25, 0.3) is 0 Å². The van der Waals surface area contributed by atoms with E-state index in [0.29, 0.717) is 112 Å². The predicted octanol–water partition coefficient (Wildman–Crippen LogP) is 9.18. The van der Waals surface area contributed by atoms with Crippen molar-refractivity contribution in [1.82, 2.24) is 0 Å². The number of nitriles is 4. The summed E-state index contributed by atoms with van der Waals surface area (Å²) in [6, 6.07) is 38.7. The minimum Gasteiger partial charge on any atom is -0.248 e. The van der Waals surface area contributed by atoms with Crippen LogP contribution < -0.4 is 0 Å². The first-order valence-corrected chi connectivity index (χ1v) is 17.6. The Morgan fingerprint density at radius 1 is 0.286 bits per heavy atom. The Hall–Kier alpha value is -8.56. The second kappa shape index (κ2) is 13.8. The van der Waals surface area contributed by atoms with Crippen molar-refractivity contribution in [3.05, 3.63) is 213 Å². The van der Waals surface area contributed by atoms with E-state index in [2.05, 4.69) is 24.3 Å². The highest BCUT2D eigenvalue weighted by Crippen LogP contribution is 2.40. The molecule has 4 aromatic carbocycles. The molecule has 5 heterocycles. The first-order chi connectivity index (χ1) is 27.6. The minimum atomic E-state index is 0.453. The molecule has 0 N–H and O–H groups in total. The summed E-state index contributed by atoms with van der Waals surface area (Å²) in [5.74, 6) is 0. The lowest BCUT2D eigenvalue weighted by molar-refractivity contribution is 1.39. The van der Waals surface area contributed by atoms with Gasteiger partial charge in [-0.25, -0.2) is 20.0 Å². The van der Waals surface area contributed by atoms with Gasteiger partial charge in [0, 0.05) is 44.5 Å². The zero-order valence-corrected chi connectivity index (χ0v) is 29.4. The third-order valence-corrected chi connectivity index (χ3v) is 9.88. The summed E-state index contributed by atoms with van der Waals surface area (Å²) in [5.41, 5.74) is 11.6. The molecule has 0 aliphatic carbocycles. The topological polar surface area (TPSA) is 145 Å². The van der Waals surface area contributed by atoms with E-state index >= 15 is 0 Å². The van der Waals surface area contributed by atoms with Crippen LogP contribution in [0.5, 0.6) is 0 Å². The van der Waals surface area contributed by atoms with Crippen molar-refractivity contribution in [3.63, 3.8) is 0 Å². The third-order valence-electron chi connectivity index (χ3n) is 9.88. The molecule has 0 unspecified atom stereocenters. The van der Waals surface area contributed by atoms with Gasteiger partial charge in [0.1, 0.15) is 0 Å². The van der Waals surface area contributed by atoms with Gasteiger partial charge in [0.05, 0.1) is 92.2 Å². The predicted molar refractivity (Wildman–Crippen MR) is 219 cm³/mol. The summed E-state index contributed by atoms with van der Waals surface area (Å²) in [4.78, 5) is 20.8. The Balaban J connectivity index is 1.43. The molecular formula is C48H24N8. The molecule has 0 radical (unpaired) electrons. The molecule has 8 nitrogen and oxygen atoms in total. The highest BCUT2D eigenvalue weighted by atomic mass is 14.9. The second-order valence-electron chi connectivity index (χ2n) is 13.0. The molecule has 9 rings (SSSR count). The Morgan fingerprint density at radius 3 is 0.714 bits per heavy atom. The van der Waals surface area contributed by atoms with E-state index in [1.807, 2.05) is 121 Å². The molecule has 8 heteroatoms. The van der Waals surface area contributed by atoms with Crippen molar-refractivity contribution in [2.75, 3.05) is 0 Å². The summed E-state index contributed by atoms with van der Waals surface area (Å²) in [7, 11) is 0. The van der Waals surface area contributed by atoms with Crippen molar-refractivity contribution >= 4 is 45.1 Å². The van der Waals surface area contributed by atoms with E-state index in [9.17, 15) is 21.0 Å². The van der Waals surface area contributed by atoms with Crippen molar-refractivity contribution < 1.29 is 0 Å². The van der Waals surface area contributed by atoms with Crippen molar-refractivity contribution in [1.29, 1.82) is 21.0 Å². The zero-order chi connectivity index (χ0) is 38.2. The van der Waals surface area contributed by atoms with Crippen LogP contribution in [0.1, 0.15) is 44.5 Å². The average Bonchev–Trinajstić information content (AvgIpc) is 4.10. The molecule has 56 heavy (non-hydrogen) atoms. The number of nitrogens with zero attached hydrogens (tertiary/aromatic N) is 8. The smallest absolute Gasteiger partial charge is 0.0998 e. The average molecular weight is 713 g/mol. The number of hydrogen-bond acceptors (Lipinski definition) is 8. The van der Waals surface area contributed by atoms with Crippen LogP contribution in [0.15, 0.2) is 188 Å². The summed E-state index contributed by atoms with van der Waals surface area (Å²) in [6.07, 6.45) is 15.2. The first kappa shape index (κ1) is 33.3. The third kappa shape index (κ3) is 5.53. The van der Waals surface area contributed by atoms with Crippen LogP contribution in [-0.4, -0.2) is 22.8 Å². The van der Waals surface area contributed by atoms with E-state index in [1.165, 1.54) is 0 Å². The van der Waals surface area contributed by atoms with Crippen LogP contribution in [0.3, 0.4) is 0 Å². The van der Waals surface area contributed by atoms with Gasteiger partial charge in [0.2, 0.25) is 0 Å². The van der Waals surface area contributed by atoms with E-state index in [-0.39, 0.29) is 0 Å². The zero-order valence-electron chi connectivity index (χ0n) is 29.4. The summed E-state index contributed by atoms with van der Waals surface area (Å²) in [6.45, 7) is 0. The number of allylic oxidation sites excluding steroid dienone is 12. The first-order valence-electron chi connectivity index (χ1n) is 17.6.